The molecule has 17 heavy (non-hydrogen) atoms. The molecule has 94 valence electrons. The van der Waals surface area contributed by atoms with E-state index >= 15 is 0 Å². The van der Waals surface area contributed by atoms with Crippen LogP contribution in [-0.4, -0.2) is 23.0 Å². The number of thioether (sulfide) groups is 1. The minimum absolute atomic E-state index is 0.198. The lowest BCUT2D eigenvalue weighted by Crippen LogP contribution is -2.20. The molecule has 0 saturated heterocycles. The SMILES string of the molecule is CNC(CSC1CCCC1)c1cncc(F)c1. The van der Waals surface area contributed by atoms with Crippen LogP contribution in [0.4, 0.5) is 4.39 Å². The van der Waals surface area contributed by atoms with Crippen LogP contribution in [0, 0.1) is 5.82 Å². The van der Waals surface area contributed by atoms with Gasteiger partial charge in [0.05, 0.1) is 6.20 Å². The minimum Gasteiger partial charge on any atom is -0.312 e. The molecule has 0 spiro atoms. The average Bonchev–Trinajstić information content (AvgIpc) is 2.83. The van der Waals surface area contributed by atoms with E-state index in [4.69, 9.17) is 0 Å². The highest BCUT2D eigenvalue weighted by Crippen LogP contribution is 2.31. The van der Waals surface area contributed by atoms with Crippen molar-refractivity contribution in [1.29, 1.82) is 0 Å². The molecule has 4 heteroatoms. The molecule has 1 N–H and O–H groups in total. The van der Waals surface area contributed by atoms with Crippen molar-refractivity contribution >= 4 is 11.8 Å². The topological polar surface area (TPSA) is 24.9 Å². The lowest BCUT2D eigenvalue weighted by atomic mass is 10.1. The molecule has 0 radical (unpaired) electrons. The molecule has 0 aromatic carbocycles. The highest BCUT2D eigenvalue weighted by molar-refractivity contribution is 7.99. The summed E-state index contributed by atoms with van der Waals surface area (Å²) in [7, 11) is 1.92. The zero-order chi connectivity index (χ0) is 12.1. The summed E-state index contributed by atoms with van der Waals surface area (Å²) in [4.78, 5) is 3.91. The van der Waals surface area contributed by atoms with Gasteiger partial charge in [0.25, 0.3) is 0 Å². The van der Waals surface area contributed by atoms with Gasteiger partial charge in [-0.15, -0.1) is 0 Å². The second kappa shape index (κ2) is 6.36. The third-order valence-electron chi connectivity index (χ3n) is 3.28. The summed E-state index contributed by atoms with van der Waals surface area (Å²) >= 11 is 2.00. The Morgan fingerprint density at radius 1 is 1.47 bits per heavy atom. The molecule has 2 nitrogen and oxygen atoms in total. The highest BCUT2D eigenvalue weighted by atomic mass is 32.2. The number of halogens is 1. The maximum absolute atomic E-state index is 13.1. The van der Waals surface area contributed by atoms with Crippen molar-refractivity contribution in [3.8, 4) is 0 Å². The first kappa shape index (κ1) is 12.8. The normalized spacial score (nSPS) is 18.5. The molecular formula is C13H19FN2S. The van der Waals surface area contributed by atoms with Crippen LogP contribution in [0.2, 0.25) is 0 Å². The number of rotatable bonds is 5. The van der Waals surface area contributed by atoms with Crippen LogP contribution in [-0.2, 0) is 0 Å². The summed E-state index contributed by atoms with van der Waals surface area (Å²) < 4.78 is 13.1. The standard InChI is InChI=1S/C13H19FN2S/c1-15-13(9-17-12-4-2-3-5-12)10-6-11(14)8-16-7-10/h6-8,12-13,15H,2-5,9H2,1H3. The highest BCUT2D eigenvalue weighted by Gasteiger charge is 2.18. The monoisotopic (exact) mass is 254 g/mol. The molecule has 2 rings (SSSR count). The van der Waals surface area contributed by atoms with Gasteiger partial charge in [-0.3, -0.25) is 4.98 Å². The third-order valence-corrected chi connectivity index (χ3v) is 4.75. The van der Waals surface area contributed by atoms with Gasteiger partial charge < -0.3 is 5.32 Å². The van der Waals surface area contributed by atoms with Crippen molar-refractivity contribution in [1.82, 2.24) is 10.3 Å². The van der Waals surface area contributed by atoms with E-state index in [2.05, 4.69) is 10.3 Å². The number of nitrogens with one attached hydrogen (secondary N) is 1. The molecule has 0 aliphatic heterocycles. The molecule has 1 aliphatic carbocycles. The van der Waals surface area contributed by atoms with Gasteiger partial charge in [0.15, 0.2) is 0 Å². The molecular weight excluding hydrogens is 235 g/mol. The Hall–Kier alpha value is -0.610. The Morgan fingerprint density at radius 2 is 2.24 bits per heavy atom. The van der Waals surface area contributed by atoms with Crippen molar-refractivity contribution < 1.29 is 4.39 Å². The van der Waals surface area contributed by atoms with Crippen LogP contribution < -0.4 is 5.32 Å². The van der Waals surface area contributed by atoms with Gasteiger partial charge in [-0.2, -0.15) is 11.8 Å². The molecule has 1 saturated carbocycles. The predicted octanol–water partition coefficient (Wildman–Crippen LogP) is 3.16. The van der Waals surface area contributed by atoms with E-state index in [-0.39, 0.29) is 11.9 Å². The van der Waals surface area contributed by atoms with E-state index in [1.165, 1.54) is 31.9 Å². The van der Waals surface area contributed by atoms with Gasteiger partial charge in [-0.25, -0.2) is 4.39 Å². The van der Waals surface area contributed by atoms with Crippen molar-refractivity contribution in [2.45, 2.75) is 37.0 Å². The summed E-state index contributed by atoms with van der Waals surface area (Å²) in [5.41, 5.74) is 0.943. The van der Waals surface area contributed by atoms with Crippen LogP contribution in [0.25, 0.3) is 0 Å². The Labute approximate surface area is 106 Å². The van der Waals surface area contributed by atoms with E-state index < -0.39 is 0 Å². The Morgan fingerprint density at radius 3 is 2.88 bits per heavy atom. The van der Waals surface area contributed by atoms with Crippen LogP contribution in [0.3, 0.4) is 0 Å². The second-order valence-electron chi connectivity index (χ2n) is 4.52. The molecule has 0 bridgehead atoms. The smallest absolute Gasteiger partial charge is 0.141 e. The van der Waals surface area contributed by atoms with Crippen LogP contribution in [0.1, 0.15) is 37.3 Å². The van der Waals surface area contributed by atoms with Gasteiger partial charge in [-0.1, -0.05) is 12.8 Å². The molecule has 0 amide bonds. The predicted molar refractivity (Wildman–Crippen MR) is 70.7 cm³/mol. The summed E-state index contributed by atoms with van der Waals surface area (Å²) in [6.45, 7) is 0. The van der Waals surface area contributed by atoms with E-state index in [0.717, 1.165) is 16.6 Å². The number of hydrogen-bond acceptors (Lipinski definition) is 3. The van der Waals surface area contributed by atoms with Crippen LogP contribution in [0.5, 0.6) is 0 Å². The zero-order valence-electron chi connectivity index (χ0n) is 10.2. The fourth-order valence-corrected chi connectivity index (χ4v) is 3.74. The first-order valence-corrected chi connectivity index (χ1v) is 7.24. The zero-order valence-corrected chi connectivity index (χ0v) is 11.0. The van der Waals surface area contributed by atoms with Crippen LogP contribution >= 0.6 is 11.8 Å². The average molecular weight is 254 g/mol. The maximum atomic E-state index is 13.1. The maximum Gasteiger partial charge on any atom is 0.141 e. The van der Waals surface area contributed by atoms with Gasteiger partial charge in [-0.05, 0) is 31.5 Å². The van der Waals surface area contributed by atoms with E-state index in [9.17, 15) is 4.39 Å². The number of aromatic nitrogens is 1. The molecule has 1 aromatic heterocycles. The fourth-order valence-electron chi connectivity index (χ4n) is 2.25. The second-order valence-corrected chi connectivity index (χ2v) is 5.85. The third kappa shape index (κ3) is 3.68. The van der Waals surface area contributed by atoms with Gasteiger partial charge >= 0.3 is 0 Å². The molecule has 1 unspecified atom stereocenters. The molecule has 1 fully saturated rings. The van der Waals surface area contributed by atoms with E-state index in [1.54, 1.807) is 12.3 Å². The van der Waals surface area contributed by atoms with E-state index in [0.29, 0.717) is 0 Å². The van der Waals surface area contributed by atoms with Crippen molar-refractivity contribution in [2.24, 2.45) is 0 Å². The number of pyridine rings is 1. The summed E-state index contributed by atoms with van der Waals surface area (Å²) in [6.07, 6.45) is 8.40. The first-order valence-electron chi connectivity index (χ1n) is 6.19. The molecule has 1 aliphatic rings. The molecule has 1 atom stereocenters. The Kier molecular flexibility index (Phi) is 4.80. The van der Waals surface area contributed by atoms with Gasteiger partial charge in [0.1, 0.15) is 5.82 Å². The lowest BCUT2D eigenvalue weighted by Gasteiger charge is -2.18. The van der Waals surface area contributed by atoms with Gasteiger partial charge in [0, 0.05) is 23.2 Å². The van der Waals surface area contributed by atoms with Crippen LogP contribution in [0.15, 0.2) is 18.5 Å². The van der Waals surface area contributed by atoms with Crippen molar-refractivity contribution in [2.75, 3.05) is 12.8 Å². The fraction of sp³-hybridized carbons (Fsp3) is 0.615. The Balaban J connectivity index is 1.91. The van der Waals surface area contributed by atoms with Crippen molar-refractivity contribution in [3.63, 3.8) is 0 Å². The van der Waals surface area contributed by atoms with E-state index in [1.807, 2.05) is 18.8 Å². The largest absolute Gasteiger partial charge is 0.312 e. The minimum atomic E-state index is -0.256. The van der Waals surface area contributed by atoms with Crippen molar-refractivity contribution in [3.05, 3.63) is 29.8 Å². The lowest BCUT2D eigenvalue weighted by molar-refractivity contribution is 0.603. The molecule has 1 heterocycles. The number of hydrogen-bond donors (Lipinski definition) is 1. The first-order chi connectivity index (χ1) is 8.29. The number of nitrogens with zero attached hydrogens (tertiary/aromatic N) is 1. The summed E-state index contributed by atoms with van der Waals surface area (Å²) in [5.74, 6) is 0.736. The molecule has 1 aromatic rings. The Bertz CT molecular complexity index is 353. The summed E-state index contributed by atoms with van der Waals surface area (Å²) in [6, 6.07) is 1.77. The quantitative estimate of drug-likeness (QED) is 0.873. The van der Waals surface area contributed by atoms with Gasteiger partial charge in [0.2, 0.25) is 0 Å². The summed E-state index contributed by atoms with van der Waals surface area (Å²) in [5, 5.41) is 4.04.